The van der Waals surface area contributed by atoms with Gasteiger partial charge >= 0.3 is 0 Å². The molecule has 5 nitrogen and oxygen atoms in total. The third-order valence-electron chi connectivity index (χ3n) is 1.36. The minimum Gasteiger partial charge on any atom is -0.387 e. The molecule has 14 heavy (non-hydrogen) atoms. The summed E-state index contributed by atoms with van der Waals surface area (Å²) >= 11 is 0. The predicted octanol–water partition coefficient (Wildman–Crippen LogP) is 0.386. The zero-order valence-corrected chi connectivity index (χ0v) is 7.32. The van der Waals surface area contributed by atoms with Gasteiger partial charge in [0.1, 0.15) is 13.2 Å². The fraction of sp³-hybridized carbons (Fsp3) is 0.714. The summed E-state index contributed by atoms with van der Waals surface area (Å²) in [6.07, 6.45) is -2.18. The number of halogens is 2. The van der Waals surface area contributed by atoms with Crippen molar-refractivity contribution >= 4 is 0 Å². The maximum Gasteiger partial charge on any atom is 0.261 e. The highest BCUT2D eigenvalue weighted by Gasteiger charge is 2.06. The summed E-state index contributed by atoms with van der Waals surface area (Å²) < 4.78 is 32.4. The standard InChI is InChI=1S/C7H10F2N2O3/c8-5(9)4-13-2-1-6-10-7(3-12)14-11-6/h5,12H,1-4H2. The third-order valence-corrected chi connectivity index (χ3v) is 1.36. The van der Waals surface area contributed by atoms with Crippen molar-refractivity contribution in [1.82, 2.24) is 10.1 Å². The molecule has 0 spiro atoms. The molecule has 0 bridgehead atoms. The Kier molecular flexibility index (Phi) is 4.41. The highest BCUT2D eigenvalue weighted by atomic mass is 19.3. The Labute approximate surface area is 78.7 Å². The zero-order chi connectivity index (χ0) is 10.4. The van der Waals surface area contributed by atoms with Gasteiger partial charge in [0.25, 0.3) is 12.3 Å². The van der Waals surface area contributed by atoms with Gasteiger partial charge in [-0.3, -0.25) is 0 Å². The fourth-order valence-electron chi connectivity index (χ4n) is 0.792. The Morgan fingerprint density at radius 3 is 2.86 bits per heavy atom. The minimum atomic E-state index is -2.46. The molecule has 1 rings (SSSR count). The molecule has 1 aromatic heterocycles. The van der Waals surface area contributed by atoms with E-state index in [1.807, 2.05) is 0 Å². The second-order valence-corrected chi connectivity index (χ2v) is 2.48. The summed E-state index contributed by atoms with van der Waals surface area (Å²) in [7, 11) is 0. The van der Waals surface area contributed by atoms with Gasteiger partial charge in [-0.1, -0.05) is 5.16 Å². The van der Waals surface area contributed by atoms with Gasteiger partial charge in [0, 0.05) is 6.42 Å². The van der Waals surface area contributed by atoms with Crippen LogP contribution in [0.15, 0.2) is 4.52 Å². The van der Waals surface area contributed by atoms with E-state index < -0.39 is 13.0 Å². The molecule has 0 saturated heterocycles. The van der Waals surface area contributed by atoms with Gasteiger partial charge in [-0.25, -0.2) is 8.78 Å². The van der Waals surface area contributed by atoms with Crippen LogP contribution in [0.2, 0.25) is 0 Å². The van der Waals surface area contributed by atoms with E-state index in [2.05, 4.69) is 19.4 Å². The SMILES string of the molecule is OCc1nc(CCOCC(F)F)no1. The van der Waals surface area contributed by atoms with Crippen molar-refractivity contribution in [2.75, 3.05) is 13.2 Å². The summed E-state index contributed by atoms with van der Waals surface area (Å²) in [5, 5.41) is 12.1. The molecular weight excluding hydrogens is 198 g/mol. The van der Waals surface area contributed by atoms with Crippen LogP contribution < -0.4 is 0 Å². The largest absolute Gasteiger partial charge is 0.387 e. The second-order valence-electron chi connectivity index (χ2n) is 2.48. The van der Waals surface area contributed by atoms with Crippen LogP contribution in [0.3, 0.4) is 0 Å². The lowest BCUT2D eigenvalue weighted by atomic mass is 10.4. The van der Waals surface area contributed by atoms with E-state index >= 15 is 0 Å². The lowest BCUT2D eigenvalue weighted by molar-refractivity contribution is 0.0182. The van der Waals surface area contributed by atoms with Crippen LogP contribution in [0.5, 0.6) is 0 Å². The van der Waals surface area contributed by atoms with Crippen LogP contribution in [-0.4, -0.2) is 34.9 Å². The number of aliphatic hydroxyl groups excluding tert-OH is 1. The number of aromatic nitrogens is 2. The molecule has 1 N–H and O–H groups in total. The first-order chi connectivity index (χ1) is 6.72. The van der Waals surface area contributed by atoms with Crippen molar-refractivity contribution in [3.63, 3.8) is 0 Å². The third kappa shape index (κ3) is 3.75. The molecule has 1 heterocycles. The Balaban J connectivity index is 2.18. The first-order valence-electron chi connectivity index (χ1n) is 4.00. The van der Waals surface area contributed by atoms with Gasteiger partial charge < -0.3 is 14.4 Å². The topological polar surface area (TPSA) is 68.4 Å². The van der Waals surface area contributed by atoms with Crippen molar-refractivity contribution in [2.45, 2.75) is 19.5 Å². The summed E-state index contributed by atoms with van der Waals surface area (Å²) in [6.45, 7) is -0.815. The molecule has 0 radical (unpaired) electrons. The number of nitrogens with zero attached hydrogens (tertiary/aromatic N) is 2. The Hall–Kier alpha value is -1.08. The van der Waals surface area contributed by atoms with Crippen LogP contribution in [0.4, 0.5) is 8.78 Å². The van der Waals surface area contributed by atoms with Gasteiger partial charge in [-0.15, -0.1) is 0 Å². The van der Waals surface area contributed by atoms with E-state index in [1.165, 1.54) is 0 Å². The van der Waals surface area contributed by atoms with Gasteiger partial charge in [0.2, 0.25) is 0 Å². The molecule has 0 saturated carbocycles. The van der Waals surface area contributed by atoms with Crippen LogP contribution in [0.1, 0.15) is 11.7 Å². The van der Waals surface area contributed by atoms with Crippen molar-refractivity contribution in [1.29, 1.82) is 0 Å². The maximum atomic E-state index is 11.6. The van der Waals surface area contributed by atoms with E-state index in [4.69, 9.17) is 5.11 Å². The molecule has 0 atom stereocenters. The monoisotopic (exact) mass is 208 g/mol. The number of aliphatic hydroxyl groups is 1. The number of rotatable bonds is 6. The maximum absolute atomic E-state index is 11.6. The predicted molar refractivity (Wildman–Crippen MR) is 40.7 cm³/mol. The van der Waals surface area contributed by atoms with Crippen LogP contribution >= 0.6 is 0 Å². The van der Waals surface area contributed by atoms with Gasteiger partial charge in [-0.2, -0.15) is 4.98 Å². The van der Waals surface area contributed by atoms with Gasteiger partial charge in [0.05, 0.1) is 6.61 Å². The van der Waals surface area contributed by atoms with Crippen LogP contribution in [-0.2, 0) is 17.8 Å². The van der Waals surface area contributed by atoms with E-state index in [-0.39, 0.29) is 25.5 Å². The fourth-order valence-corrected chi connectivity index (χ4v) is 0.792. The van der Waals surface area contributed by atoms with Crippen molar-refractivity contribution in [3.05, 3.63) is 11.7 Å². The lowest BCUT2D eigenvalue weighted by Crippen LogP contribution is -2.07. The average molecular weight is 208 g/mol. The molecule has 0 aromatic carbocycles. The molecular formula is C7H10F2N2O3. The molecule has 7 heteroatoms. The number of hydrogen-bond donors (Lipinski definition) is 1. The Morgan fingerprint density at radius 1 is 1.50 bits per heavy atom. The van der Waals surface area contributed by atoms with E-state index in [9.17, 15) is 8.78 Å². The molecule has 0 aliphatic rings. The molecule has 1 aromatic rings. The molecule has 0 amide bonds. The molecule has 0 unspecified atom stereocenters. The first-order valence-corrected chi connectivity index (χ1v) is 4.00. The lowest BCUT2D eigenvalue weighted by Gasteiger charge is -1.99. The summed E-state index contributed by atoms with van der Waals surface area (Å²) in [4.78, 5) is 3.75. The van der Waals surface area contributed by atoms with Crippen LogP contribution in [0, 0.1) is 0 Å². The summed E-state index contributed by atoms with van der Waals surface area (Å²) in [5.74, 6) is 0.442. The van der Waals surface area contributed by atoms with Gasteiger partial charge in [-0.05, 0) is 0 Å². The highest BCUT2D eigenvalue weighted by molar-refractivity contribution is 4.84. The van der Waals surface area contributed by atoms with Crippen molar-refractivity contribution < 1.29 is 23.1 Å². The zero-order valence-electron chi connectivity index (χ0n) is 7.32. The average Bonchev–Trinajstić information content (AvgIpc) is 2.60. The summed E-state index contributed by atoms with van der Waals surface area (Å²) in [6, 6.07) is 0. The number of hydrogen-bond acceptors (Lipinski definition) is 5. The Morgan fingerprint density at radius 2 is 2.29 bits per heavy atom. The van der Waals surface area contributed by atoms with E-state index in [0.29, 0.717) is 5.82 Å². The molecule has 80 valence electrons. The Bertz CT molecular complexity index is 267. The number of alkyl halides is 2. The van der Waals surface area contributed by atoms with Crippen LogP contribution in [0.25, 0.3) is 0 Å². The number of ether oxygens (including phenoxy) is 1. The van der Waals surface area contributed by atoms with E-state index in [1.54, 1.807) is 0 Å². The van der Waals surface area contributed by atoms with E-state index in [0.717, 1.165) is 0 Å². The molecule has 0 fully saturated rings. The second kappa shape index (κ2) is 5.61. The summed E-state index contributed by atoms with van der Waals surface area (Å²) in [5.41, 5.74) is 0. The molecule has 0 aliphatic carbocycles. The smallest absolute Gasteiger partial charge is 0.261 e. The highest BCUT2D eigenvalue weighted by Crippen LogP contribution is 1.99. The van der Waals surface area contributed by atoms with Crippen molar-refractivity contribution in [2.24, 2.45) is 0 Å². The van der Waals surface area contributed by atoms with Crippen molar-refractivity contribution in [3.8, 4) is 0 Å². The normalized spacial score (nSPS) is 11.1. The van der Waals surface area contributed by atoms with Gasteiger partial charge in [0.15, 0.2) is 5.82 Å². The first kappa shape index (κ1) is 11.0. The quantitative estimate of drug-likeness (QED) is 0.685. The molecule has 0 aliphatic heterocycles. The minimum absolute atomic E-state index is 0.105.